The van der Waals surface area contributed by atoms with Gasteiger partial charge in [-0.1, -0.05) is 20.8 Å². The Morgan fingerprint density at radius 3 is 2.17 bits per heavy atom. The van der Waals surface area contributed by atoms with Gasteiger partial charge in [-0.25, -0.2) is 0 Å². The van der Waals surface area contributed by atoms with E-state index in [-0.39, 0.29) is 6.10 Å². The second-order valence-electron chi connectivity index (χ2n) is 7.24. The van der Waals surface area contributed by atoms with Crippen molar-refractivity contribution >= 4 is 0 Å². The van der Waals surface area contributed by atoms with E-state index >= 15 is 0 Å². The van der Waals surface area contributed by atoms with E-state index in [1.165, 1.54) is 25.7 Å². The number of likely N-dealkylation sites (N-methyl/N-ethyl adjacent to an activating group) is 1. The van der Waals surface area contributed by atoms with Crippen molar-refractivity contribution in [3.63, 3.8) is 0 Å². The molecule has 0 radical (unpaired) electrons. The first-order valence-corrected chi connectivity index (χ1v) is 7.35. The molecule has 0 aliphatic heterocycles. The molecule has 0 heterocycles. The Balaban J connectivity index is 2.20. The van der Waals surface area contributed by atoms with Gasteiger partial charge in [-0.05, 0) is 51.1 Å². The van der Waals surface area contributed by atoms with Crippen molar-refractivity contribution in [3.8, 4) is 0 Å². The molecule has 2 N–H and O–H groups in total. The highest BCUT2D eigenvalue weighted by Gasteiger charge is 2.29. The van der Waals surface area contributed by atoms with Gasteiger partial charge in [0.2, 0.25) is 0 Å². The number of aliphatic hydroxyl groups is 1. The fourth-order valence-corrected chi connectivity index (χ4v) is 2.95. The van der Waals surface area contributed by atoms with E-state index in [2.05, 4.69) is 26.1 Å². The van der Waals surface area contributed by atoms with Gasteiger partial charge in [0.1, 0.15) is 0 Å². The van der Waals surface area contributed by atoms with Crippen LogP contribution in [0.15, 0.2) is 0 Å². The molecular weight excluding hydrogens is 224 g/mol. The summed E-state index contributed by atoms with van der Waals surface area (Å²) >= 11 is 0. The molecule has 1 rings (SSSR count). The molecule has 18 heavy (non-hydrogen) atoms. The van der Waals surface area contributed by atoms with Crippen LogP contribution in [-0.4, -0.2) is 49.3 Å². The largest absolute Gasteiger partial charge is 0.390 e. The Labute approximate surface area is 113 Å². The smallest absolute Gasteiger partial charge is 0.0791 e. The summed E-state index contributed by atoms with van der Waals surface area (Å²) in [5, 5.41) is 13.3. The van der Waals surface area contributed by atoms with Crippen molar-refractivity contribution in [2.75, 3.05) is 27.2 Å². The number of rotatable bonds is 5. The first-order chi connectivity index (χ1) is 8.29. The van der Waals surface area contributed by atoms with Crippen molar-refractivity contribution in [1.29, 1.82) is 0 Å². The summed E-state index contributed by atoms with van der Waals surface area (Å²) in [6, 6.07) is 0.611. The fourth-order valence-electron chi connectivity index (χ4n) is 2.95. The quantitative estimate of drug-likeness (QED) is 0.791. The van der Waals surface area contributed by atoms with Crippen molar-refractivity contribution < 1.29 is 5.11 Å². The van der Waals surface area contributed by atoms with Crippen LogP contribution < -0.4 is 5.32 Å². The molecule has 3 heteroatoms. The minimum absolute atomic E-state index is 0.250. The van der Waals surface area contributed by atoms with Crippen LogP contribution >= 0.6 is 0 Å². The molecule has 0 aromatic rings. The zero-order valence-electron chi connectivity index (χ0n) is 12.9. The summed E-state index contributed by atoms with van der Waals surface area (Å²) in [6.07, 6.45) is 4.92. The molecule has 1 fully saturated rings. The highest BCUT2D eigenvalue weighted by atomic mass is 16.3. The number of hydrogen-bond donors (Lipinski definition) is 2. The van der Waals surface area contributed by atoms with Gasteiger partial charge in [0.25, 0.3) is 0 Å². The van der Waals surface area contributed by atoms with E-state index in [0.717, 1.165) is 19.0 Å². The molecule has 1 aliphatic rings. The summed E-state index contributed by atoms with van der Waals surface area (Å²) in [4.78, 5) is 2.03. The predicted octanol–water partition coefficient (Wildman–Crippen LogP) is 2.10. The molecular formula is C15H32N2O. The van der Waals surface area contributed by atoms with Gasteiger partial charge in [-0.2, -0.15) is 0 Å². The maximum Gasteiger partial charge on any atom is 0.0791 e. The third kappa shape index (κ3) is 5.68. The van der Waals surface area contributed by atoms with Crippen LogP contribution in [-0.2, 0) is 0 Å². The van der Waals surface area contributed by atoms with Crippen LogP contribution in [0.1, 0.15) is 46.5 Å². The Morgan fingerprint density at radius 1 is 1.17 bits per heavy atom. The normalized spacial score (nSPS) is 27.5. The minimum Gasteiger partial charge on any atom is -0.390 e. The van der Waals surface area contributed by atoms with Gasteiger partial charge in [-0.3, -0.25) is 0 Å². The van der Waals surface area contributed by atoms with Gasteiger partial charge in [0, 0.05) is 19.1 Å². The van der Waals surface area contributed by atoms with E-state index in [9.17, 15) is 5.11 Å². The van der Waals surface area contributed by atoms with E-state index in [1.54, 1.807) is 0 Å². The van der Waals surface area contributed by atoms with E-state index < -0.39 is 0 Å². The standard InChI is InChI=1S/C15H32N2O/c1-15(2,3)12-6-8-13(9-7-12)16-10-14(18)11-17(4)5/h12-14,16,18H,6-11H2,1-5H3. The highest BCUT2D eigenvalue weighted by molar-refractivity contribution is 4.83. The van der Waals surface area contributed by atoms with Gasteiger partial charge in [-0.15, -0.1) is 0 Å². The topological polar surface area (TPSA) is 35.5 Å². The molecule has 1 atom stereocenters. The fraction of sp³-hybridized carbons (Fsp3) is 1.00. The lowest BCUT2D eigenvalue weighted by Gasteiger charge is -2.37. The van der Waals surface area contributed by atoms with Crippen molar-refractivity contribution in [1.82, 2.24) is 10.2 Å². The number of aliphatic hydroxyl groups excluding tert-OH is 1. The number of nitrogens with one attached hydrogen (secondary N) is 1. The second kappa shape index (κ2) is 6.88. The summed E-state index contributed by atoms with van der Waals surface area (Å²) in [7, 11) is 4.00. The lowest BCUT2D eigenvalue weighted by Crippen LogP contribution is -2.42. The molecule has 3 nitrogen and oxygen atoms in total. The Hall–Kier alpha value is -0.120. The van der Waals surface area contributed by atoms with Crippen molar-refractivity contribution in [2.45, 2.75) is 58.6 Å². The predicted molar refractivity (Wildman–Crippen MR) is 77.8 cm³/mol. The molecule has 1 unspecified atom stereocenters. The summed E-state index contributed by atoms with van der Waals surface area (Å²) in [5.41, 5.74) is 0.454. The van der Waals surface area contributed by atoms with Gasteiger partial charge >= 0.3 is 0 Å². The molecule has 0 spiro atoms. The minimum atomic E-state index is -0.250. The summed E-state index contributed by atoms with van der Waals surface area (Å²) in [6.45, 7) is 8.53. The maximum atomic E-state index is 9.83. The average molecular weight is 256 g/mol. The SMILES string of the molecule is CN(C)CC(O)CNC1CCC(C(C)(C)C)CC1. The Bertz CT molecular complexity index is 227. The lowest BCUT2D eigenvalue weighted by atomic mass is 9.71. The van der Waals surface area contributed by atoms with Crippen LogP contribution in [0.25, 0.3) is 0 Å². The lowest BCUT2D eigenvalue weighted by molar-refractivity contribution is 0.118. The van der Waals surface area contributed by atoms with E-state index in [0.29, 0.717) is 11.5 Å². The molecule has 0 bridgehead atoms. The molecule has 0 aromatic heterocycles. The van der Waals surface area contributed by atoms with Crippen LogP contribution in [0, 0.1) is 11.3 Å². The first-order valence-electron chi connectivity index (χ1n) is 7.35. The second-order valence-corrected chi connectivity index (χ2v) is 7.24. The van der Waals surface area contributed by atoms with Crippen LogP contribution in [0.5, 0.6) is 0 Å². The third-order valence-corrected chi connectivity index (χ3v) is 4.17. The Kier molecular flexibility index (Phi) is 6.09. The first kappa shape index (κ1) is 15.9. The molecule has 0 saturated heterocycles. The zero-order valence-corrected chi connectivity index (χ0v) is 12.9. The monoisotopic (exact) mass is 256 g/mol. The molecule has 1 aliphatic carbocycles. The molecule has 108 valence electrons. The van der Waals surface area contributed by atoms with Gasteiger partial charge < -0.3 is 15.3 Å². The summed E-state index contributed by atoms with van der Waals surface area (Å²) < 4.78 is 0. The molecule has 1 saturated carbocycles. The average Bonchev–Trinajstić information content (AvgIpc) is 2.25. The zero-order chi connectivity index (χ0) is 13.8. The van der Waals surface area contributed by atoms with Crippen molar-refractivity contribution in [2.24, 2.45) is 11.3 Å². The maximum absolute atomic E-state index is 9.83. The third-order valence-electron chi connectivity index (χ3n) is 4.17. The number of hydrogen-bond acceptors (Lipinski definition) is 3. The van der Waals surface area contributed by atoms with Crippen LogP contribution in [0.3, 0.4) is 0 Å². The van der Waals surface area contributed by atoms with E-state index in [4.69, 9.17) is 0 Å². The van der Waals surface area contributed by atoms with E-state index in [1.807, 2.05) is 19.0 Å². The molecule has 0 aromatic carbocycles. The van der Waals surface area contributed by atoms with Gasteiger partial charge in [0.15, 0.2) is 0 Å². The highest BCUT2D eigenvalue weighted by Crippen LogP contribution is 2.37. The molecule has 0 amide bonds. The van der Waals surface area contributed by atoms with Gasteiger partial charge in [0.05, 0.1) is 6.10 Å². The van der Waals surface area contributed by atoms with Crippen LogP contribution in [0.4, 0.5) is 0 Å². The van der Waals surface area contributed by atoms with Crippen LogP contribution in [0.2, 0.25) is 0 Å². The Morgan fingerprint density at radius 2 is 1.72 bits per heavy atom. The number of nitrogens with zero attached hydrogens (tertiary/aromatic N) is 1. The summed E-state index contributed by atoms with van der Waals surface area (Å²) in [5.74, 6) is 0.863. The van der Waals surface area contributed by atoms with Crippen molar-refractivity contribution in [3.05, 3.63) is 0 Å².